The molecular weight excluding hydrogens is 529 g/mol. The number of rotatable bonds is 13. The van der Waals surface area contributed by atoms with E-state index in [9.17, 15) is 18.3 Å². The van der Waals surface area contributed by atoms with Crippen LogP contribution in [0.4, 0.5) is 4.48 Å². The SMILES string of the molecule is C=C(CCNC(=O)c1cc2ccccc2n(C(C)C)c1=O)N(CCCS(=O)N1CCCC1)C(C)CC.CN(C)F. The van der Waals surface area contributed by atoms with Crippen LogP contribution in [0, 0.1) is 0 Å². The summed E-state index contributed by atoms with van der Waals surface area (Å²) >= 11 is 0. The van der Waals surface area contributed by atoms with Gasteiger partial charge in [-0.2, -0.15) is 5.12 Å². The molecule has 2 unspecified atom stereocenters. The molecule has 0 radical (unpaired) electrons. The van der Waals surface area contributed by atoms with Crippen LogP contribution >= 0.6 is 0 Å². The lowest BCUT2D eigenvalue weighted by atomic mass is 10.1. The second kappa shape index (κ2) is 16.6. The molecule has 1 aromatic heterocycles. The van der Waals surface area contributed by atoms with Crippen molar-refractivity contribution in [3.63, 3.8) is 0 Å². The quantitative estimate of drug-likeness (QED) is 0.343. The molecule has 0 aliphatic carbocycles. The first-order chi connectivity index (χ1) is 19.0. The van der Waals surface area contributed by atoms with Crippen molar-refractivity contribution in [2.24, 2.45) is 0 Å². The zero-order valence-corrected chi connectivity index (χ0v) is 25.9. The largest absolute Gasteiger partial charge is 0.373 e. The van der Waals surface area contributed by atoms with Gasteiger partial charge < -0.3 is 14.8 Å². The summed E-state index contributed by atoms with van der Waals surface area (Å²) < 4.78 is 27.1. The van der Waals surface area contributed by atoms with Gasteiger partial charge in [0.05, 0.1) is 16.5 Å². The number of carbonyl (C=O) groups is 1. The number of para-hydroxylation sites is 1. The highest BCUT2D eigenvalue weighted by Crippen LogP contribution is 2.18. The highest BCUT2D eigenvalue weighted by Gasteiger charge is 2.20. The Balaban J connectivity index is 0.00000131. The van der Waals surface area contributed by atoms with Crippen molar-refractivity contribution in [1.29, 1.82) is 0 Å². The summed E-state index contributed by atoms with van der Waals surface area (Å²) in [7, 11) is 1.76. The Morgan fingerprint density at radius 1 is 1.18 bits per heavy atom. The first-order valence-corrected chi connectivity index (χ1v) is 15.6. The lowest BCUT2D eigenvalue weighted by Crippen LogP contribution is -2.37. The van der Waals surface area contributed by atoms with Gasteiger partial charge in [0.15, 0.2) is 0 Å². The average molecular weight is 578 g/mol. The summed E-state index contributed by atoms with van der Waals surface area (Å²) in [6.07, 6.45) is 4.68. The Morgan fingerprint density at radius 2 is 1.80 bits per heavy atom. The predicted molar refractivity (Wildman–Crippen MR) is 164 cm³/mol. The number of pyridine rings is 1. The van der Waals surface area contributed by atoms with Crippen molar-refractivity contribution in [2.45, 2.75) is 71.9 Å². The number of nitrogens with one attached hydrogen (secondary N) is 1. The molecular formula is C30H48FN5O3S. The van der Waals surface area contributed by atoms with Gasteiger partial charge in [-0.3, -0.25) is 9.59 Å². The molecule has 0 saturated carbocycles. The van der Waals surface area contributed by atoms with E-state index in [1.807, 2.05) is 38.1 Å². The van der Waals surface area contributed by atoms with Crippen molar-refractivity contribution >= 4 is 27.8 Å². The molecule has 1 aromatic carbocycles. The predicted octanol–water partition coefficient (Wildman–Crippen LogP) is 4.90. The van der Waals surface area contributed by atoms with Gasteiger partial charge >= 0.3 is 0 Å². The molecule has 0 bridgehead atoms. The standard InChI is InChI=1S/C28H42N4O3S.C2H6FN/c1-6-22(4)31(18-11-19-36(35)30-16-9-10-17-30)23(5)14-15-29-27(33)25-20-24-12-7-8-13-26(24)32(21(2)3)28(25)34;1-4(2)3/h7-8,12-13,20-22H,5-6,9-11,14-19H2,1-4H3,(H,29,33);1-2H3. The molecule has 1 saturated heterocycles. The summed E-state index contributed by atoms with van der Waals surface area (Å²) in [4.78, 5) is 28.4. The lowest BCUT2D eigenvalue weighted by molar-refractivity contribution is 0.0950. The topological polar surface area (TPSA) is 77.9 Å². The van der Waals surface area contributed by atoms with Crippen molar-refractivity contribution in [3.05, 3.63) is 58.5 Å². The molecule has 1 fully saturated rings. The third-order valence-corrected chi connectivity index (χ3v) is 8.58. The summed E-state index contributed by atoms with van der Waals surface area (Å²) in [5, 5.41) is 4.30. The third kappa shape index (κ3) is 9.82. The van der Waals surface area contributed by atoms with E-state index in [0.717, 1.165) is 61.9 Å². The molecule has 8 nitrogen and oxygen atoms in total. The molecule has 2 heterocycles. The fourth-order valence-corrected chi connectivity index (χ4v) is 6.11. The van der Waals surface area contributed by atoms with E-state index in [0.29, 0.717) is 29.9 Å². The average Bonchev–Trinajstić information content (AvgIpc) is 3.45. The number of fused-ring (bicyclic) bond motifs is 1. The van der Waals surface area contributed by atoms with Gasteiger partial charge in [0.2, 0.25) is 0 Å². The van der Waals surface area contributed by atoms with E-state index in [1.165, 1.54) is 14.1 Å². The third-order valence-electron chi connectivity index (χ3n) is 7.01. The number of amides is 1. The first-order valence-electron chi connectivity index (χ1n) is 14.3. The molecule has 2 aromatic rings. The molecule has 40 heavy (non-hydrogen) atoms. The molecule has 224 valence electrons. The number of hydrogen-bond acceptors (Lipinski definition) is 5. The summed E-state index contributed by atoms with van der Waals surface area (Å²) in [6, 6.07) is 9.59. The molecule has 3 rings (SSSR count). The minimum absolute atomic E-state index is 0.0567. The molecule has 1 amide bonds. The van der Waals surface area contributed by atoms with Gasteiger partial charge in [-0.1, -0.05) is 31.7 Å². The van der Waals surface area contributed by atoms with Crippen molar-refractivity contribution in [1.82, 2.24) is 24.2 Å². The molecule has 0 spiro atoms. The number of nitrogens with zero attached hydrogens (tertiary/aromatic N) is 4. The van der Waals surface area contributed by atoms with Crippen molar-refractivity contribution in [3.8, 4) is 0 Å². The van der Waals surface area contributed by atoms with Crippen LogP contribution in [-0.2, 0) is 11.0 Å². The molecule has 1 N–H and O–H groups in total. The number of carbonyl (C=O) groups excluding carboxylic acids is 1. The van der Waals surface area contributed by atoms with Crippen LogP contribution in [0.5, 0.6) is 0 Å². The van der Waals surface area contributed by atoms with Crippen LogP contribution in [0.15, 0.2) is 47.4 Å². The molecule has 10 heteroatoms. The maximum Gasteiger partial charge on any atom is 0.264 e. The number of hydrogen-bond donors (Lipinski definition) is 1. The zero-order chi connectivity index (χ0) is 29.8. The molecule has 1 aliphatic heterocycles. The number of benzene rings is 1. The Kier molecular flexibility index (Phi) is 14.0. The Labute approximate surface area is 241 Å². The van der Waals surface area contributed by atoms with Crippen LogP contribution in [0.2, 0.25) is 0 Å². The van der Waals surface area contributed by atoms with Gasteiger partial charge in [-0.05, 0) is 64.0 Å². The summed E-state index contributed by atoms with van der Waals surface area (Å²) in [5.41, 5.74) is 1.68. The second-order valence-electron chi connectivity index (χ2n) is 10.7. The maximum atomic E-state index is 13.1. The van der Waals surface area contributed by atoms with E-state index < -0.39 is 11.0 Å². The number of halogens is 1. The van der Waals surface area contributed by atoms with Crippen molar-refractivity contribution < 1.29 is 13.5 Å². The Bertz CT molecular complexity index is 1190. The van der Waals surface area contributed by atoms with E-state index in [1.54, 1.807) is 10.6 Å². The smallest absolute Gasteiger partial charge is 0.264 e. The summed E-state index contributed by atoms with van der Waals surface area (Å²) in [5.74, 6) is 0.310. The van der Waals surface area contributed by atoms with Crippen LogP contribution in [0.25, 0.3) is 10.9 Å². The lowest BCUT2D eigenvalue weighted by Gasteiger charge is -2.33. The van der Waals surface area contributed by atoms with Crippen LogP contribution in [0.1, 0.15) is 76.2 Å². The zero-order valence-electron chi connectivity index (χ0n) is 25.1. The van der Waals surface area contributed by atoms with Gasteiger partial charge in [-0.25, -0.2) is 8.51 Å². The first kappa shape index (κ1) is 33.6. The Hall–Kier alpha value is -2.56. The van der Waals surface area contributed by atoms with Crippen LogP contribution < -0.4 is 10.9 Å². The Morgan fingerprint density at radius 3 is 2.40 bits per heavy atom. The normalized spacial score (nSPS) is 15.1. The van der Waals surface area contributed by atoms with E-state index in [4.69, 9.17) is 0 Å². The van der Waals surface area contributed by atoms with E-state index in [-0.39, 0.29) is 23.1 Å². The molecule has 2 atom stereocenters. The fraction of sp³-hybridized carbons (Fsp3) is 0.600. The van der Waals surface area contributed by atoms with Gasteiger partial charge in [-0.15, -0.1) is 4.48 Å². The maximum absolute atomic E-state index is 13.1. The van der Waals surface area contributed by atoms with Crippen LogP contribution in [-0.4, -0.2) is 81.1 Å². The highest BCUT2D eigenvalue weighted by atomic mass is 32.2. The molecule has 1 aliphatic rings. The minimum atomic E-state index is -0.903. The fourth-order valence-electron chi connectivity index (χ4n) is 4.81. The van der Waals surface area contributed by atoms with Gasteiger partial charge in [0.1, 0.15) is 5.56 Å². The van der Waals surface area contributed by atoms with Gasteiger partial charge in [0.25, 0.3) is 11.5 Å². The highest BCUT2D eigenvalue weighted by molar-refractivity contribution is 7.82. The summed E-state index contributed by atoms with van der Waals surface area (Å²) in [6.45, 7) is 15.6. The van der Waals surface area contributed by atoms with Crippen LogP contribution in [0.3, 0.4) is 0 Å². The number of aromatic nitrogens is 1. The monoisotopic (exact) mass is 577 g/mol. The minimum Gasteiger partial charge on any atom is -0.373 e. The van der Waals surface area contributed by atoms with Crippen molar-refractivity contribution in [2.75, 3.05) is 46.0 Å². The van der Waals surface area contributed by atoms with Gasteiger partial charge in [0, 0.05) is 70.2 Å². The van der Waals surface area contributed by atoms with E-state index >= 15 is 0 Å². The van der Waals surface area contributed by atoms with E-state index in [2.05, 4.69) is 34.9 Å². The second-order valence-corrected chi connectivity index (χ2v) is 12.3.